The fraction of sp³-hybridized carbons (Fsp3) is 0.556. The van der Waals surface area contributed by atoms with Gasteiger partial charge in [-0.3, -0.25) is 0 Å². The topological polar surface area (TPSA) is 0 Å². The molecule has 0 radical (unpaired) electrons. The summed E-state index contributed by atoms with van der Waals surface area (Å²) in [4.78, 5) is 0. The number of allylic oxidation sites excluding steroid dienone is 2. The molecule has 1 heteroatoms. The third kappa shape index (κ3) is 4.83. The van der Waals surface area contributed by atoms with Crippen molar-refractivity contribution >= 4 is 13.3 Å². The second kappa shape index (κ2) is 8.63. The molecule has 1 aromatic rings. The molecule has 0 aliphatic carbocycles. The van der Waals surface area contributed by atoms with Crippen LogP contribution in [0.3, 0.4) is 0 Å². The molecule has 0 nitrogen and oxygen atoms in total. The van der Waals surface area contributed by atoms with Crippen LogP contribution >= 0.6 is 0 Å². The van der Waals surface area contributed by atoms with Gasteiger partial charge in [-0.25, -0.2) is 0 Å². The Morgan fingerprint density at radius 2 is 1.58 bits per heavy atom. The summed E-state index contributed by atoms with van der Waals surface area (Å²) in [5, 5.41) is 4.41. The van der Waals surface area contributed by atoms with Gasteiger partial charge in [0, 0.05) is 0 Å². The van der Waals surface area contributed by atoms with E-state index in [1.165, 1.54) is 34.2 Å². The number of benzene rings is 1. The average molecular weight is 319 g/mol. The monoisotopic (exact) mass is 320 g/mol. The van der Waals surface area contributed by atoms with Crippen molar-refractivity contribution in [3.8, 4) is 0 Å². The Bertz CT molecular complexity index is 354. The van der Waals surface area contributed by atoms with Crippen molar-refractivity contribution in [2.45, 2.75) is 61.0 Å². The van der Waals surface area contributed by atoms with Gasteiger partial charge in [0.1, 0.15) is 0 Å². The van der Waals surface area contributed by atoms with E-state index in [2.05, 4.69) is 70.2 Å². The predicted octanol–water partition coefficient (Wildman–Crippen LogP) is 6.07. The van der Waals surface area contributed by atoms with Crippen molar-refractivity contribution in [3.05, 3.63) is 48.0 Å². The van der Waals surface area contributed by atoms with Gasteiger partial charge in [-0.2, -0.15) is 0 Å². The molecule has 0 spiro atoms. The van der Waals surface area contributed by atoms with Crippen LogP contribution in [0.2, 0.25) is 20.5 Å². The van der Waals surface area contributed by atoms with E-state index in [1.807, 2.05) is 0 Å². The molecule has 0 N–H and O–H groups in total. The zero-order valence-corrected chi connectivity index (χ0v) is 15.3. The molecule has 1 unspecified atom stereocenters. The van der Waals surface area contributed by atoms with E-state index < -0.39 is 13.3 Å². The van der Waals surface area contributed by atoms with Crippen LogP contribution < -0.4 is 0 Å². The van der Waals surface area contributed by atoms with Gasteiger partial charge in [0.25, 0.3) is 0 Å². The molecule has 0 fully saturated rings. The fourth-order valence-corrected chi connectivity index (χ4v) is 11.5. The van der Waals surface area contributed by atoms with E-state index in [4.69, 9.17) is 0 Å². The first-order valence-electron chi connectivity index (χ1n) is 7.89. The van der Waals surface area contributed by atoms with E-state index in [-0.39, 0.29) is 0 Å². The van der Waals surface area contributed by atoms with Crippen LogP contribution in [0.15, 0.2) is 42.5 Å². The molecular weight excluding hydrogens is 289 g/mol. The summed E-state index contributed by atoms with van der Waals surface area (Å²) in [6.07, 6.45) is 7.32. The van der Waals surface area contributed by atoms with Gasteiger partial charge in [0.2, 0.25) is 0 Å². The Labute approximate surface area is 122 Å². The standard InChI is InChI=1S/C18H30Ge/c1-5-19(6-2,7-3)17(4)13-11-12-16-18-14-9-8-10-15-18/h8-11,13-15,17H,5-7,12,16H2,1-4H3/b13-11+. The van der Waals surface area contributed by atoms with Crippen molar-refractivity contribution in [3.63, 3.8) is 0 Å². The molecule has 19 heavy (non-hydrogen) atoms. The van der Waals surface area contributed by atoms with E-state index in [0.29, 0.717) is 0 Å². The van der Waals surface area contributed by atoms with Gasteiger partial charge in [0.05, 0.1) is 0 Å². The third-order valence-electron chi connectivity index (χ3n) is 4.95. The van der Waals surface area contributed by atoms with Crippen LogP contribution in [0, 0.1) is 0 Å². The van der Waals surface area contributed by atoms with Gasteiger partial charge in [-0.15, -0.1) is 0 Å². The van der Waals surface area contributed by atoms with E-state index in [1.54, 1.807) is 0 Å². The predicted molar refractivity (Wildman–Crippen MR) is 90.5 cm³/mol. The number of aryl methyl sites for hydroxylation is 1. The minimum atomic E-state index is -1.58. The number of hydrogen-bond donors (Lipinski definition) is 0. The molecular formula is C18H30Ge. The van der Waals surface area contributed by atoms with Gasteiger partial charge < -0.3 is 0 Å². The summed E-state index contributed by atoms with van der Waals surface area (Å²) < 4.78 is 0.871. The molecule has 1 atom stereocenters. The Morgan fingerprint density at radius 3 is 2.11 bits per heavy atom. The van der Waals surface area contributed by atoms with Gasteiger partial charge >= 0.3 is 122 Å². The Hall–Kier alpha value is -0.497. The Balaban J connectivity index is 2.47. The van der Waals surface area contributed by atoms with Crippen LogP contribution in [-0.2, 0) is 6.42 Å². The summed E-state index contributed by atoms with van der Waals surface area (Å²) in [6.45, 7) is 9.72. The molecule has 0 aliphatic heterocycles. The molecule has 0 heterocycles. The maximum absolute atomic E-state index is 2.53. The molecule has 1 rings (SSSR count). The summed E-state index contributed by atoms with van der Waals surface area (Å²) in [7, 11) is 0. The molecule has 106 valence electrons. The second-order valence-corrected chi connectivity index (χ2v) is 17.7. The quantitative estimate of drug-likeness (QED) is 0.403. The van der Waals surface area contributed by atoms with Crippen molar-refractivity contribution < 1.29 is 0 Å². The van der Waals surface area contributed by atoms with Crippen LogP contribution in [0.5, 0.6) is 0 Å². The molecule has 0 saturated heterocycles. The third-order valence-corrected chi connectivity index (χ3v) is 18.3. The van der Waals surface area contributed by atoms with Gasteiger partial charge in [0.15, 0.2) is 0 Å². The molecule has 0 saturated carbocycles. The molecule has 0 bridgehead atoms. The SMILES string of the molecule is C[CH2][Ge]([CH2]C)([CH2]C)[CH](C)/C=C/CCc1ccccc1. The van der Waals surface area contributed by atoms with Crippen molar-refractivity contribution in [2.24, 2.45) is 0 Å². The van der Waals surface area contributed by atoms with E-state index in [9.17, 15) is 0 Å². The van der Waals surface area contributed by atoms with E-state index >= 15 is 0 Å². The Morgan fingerprint density at radius 1 is 1.00 bits per heavy atom. The second-order valence-electron chi connectivity index (χ2n) is 5.66. The average Bonchev–Trinajstić information content (AvgIpc) is 2.47. The fourth-order valence-electron chi connectivity index (χ4n) is 3.12. The zero-order chi connectivity index (χ0) is 14.1. The Kier molecular flexibility index (Phi) is 7.52. The van der Waals surface area contributed by atoms with Crippen LogP contribution in [0.25, 0.3) is 0 Å². The minimum absolute atomic E-state index is 0.871. The summed E-state index contributed by atoms with van der Waals surface area (Å²) >= 11 is -1.58. The molecule has 1 aromatic carbocycles. The van der Waals surface area contributed by atoms with Crippen LogP contribution in [0.4, 0.5) is 0 Å². The number of rotatable bonds is 8. The number of hydrogen-bond acceptors (Lipinski definition) is 0. The zero-order valence-electron chi connectivity index (χ0n) is 13.2. The van der Waals surface area contributed by atoms with Gasteiger partial charge in [-0.05, 0) is 0 Å². The normalized spacial score (nSPS) is 13.9. The first-order valence-corrected chi connectivity index (χ1v) is 13.5. The summed E-state index contributed by atoms with van der Waals surface area (Å²) in [6, 6.07) is 10.8. The van der Waals surface area contributed by atoms with Crippen molar-refractivity contribution in [1.29, 1.82) is 0 Å². The van der Waals surface area contributed by atoms with Crippen molar-refractivity contribution in [2.75, 3.05) is 0 Å². The van der Waals surface area contributed by atoms with E-state index in [0.717, 1.165) is 4.75 Å². The summed E-state index contributed by atoms with van der Waals surface area (Å²) in [5.74, 6) is 0. The van der Waals surface area contributed by atoms with Crippen LogP contribution in [0.1, 0.15) is 39.7 Å². The molecule has 0 aromatic heterocycles. The first kappa shape index (κ1) is 16.6. The van der Waals surface area contributed by atoms with Gasteiger partial charge in [-0.1, -0.05) is 0 Å². The molecule has 0 aliphatic rings. The summed E-state index contributed by atoms with van der Waals surface area (Å²) in [5.41, 5.74) is 1.45. The maximum atomic E-state index is 2.53. The van der Waals surface area contributed by atoms with Crippen molar-refractivity contribution in [1.82, 2.24) is 0 Å². The first-order chi connectivity index (χ1) is 9.18. The molecule has 0 amide bonds. The van der Waals surface area contributed by atoms with Crippen LogP contribution in [-0.4, -0.2) is 13.3 Å².